The Morgan fingerprint density at radius 2 is 2.15 bits per heavy atom. The Balaban J connectivity index is 2.12. The second kappa shape index (κ2) is 9.62. The molecule has 2 rings (SSSR count). The molecule has 0 atom stereocenters. The van der Waals surface area contributed by atoms with E-state index in [0.717, 1.165) is 12.0 Å². The van der Waals surface area contributed by atoms with Gasteiger partial charge in [0.1, 0.15) is 5.82 Å². The molecule has 1 aromatic carbocycles. The number of hydrogen-bond donors (Lipinski definition) is 2. The summed E-state index contributed by atoms with van der Waals surface area (Å²) in [6.45, 7) is 4.93. The van der Waals surface area contributed by atoms with Gasteiger partial charge in [-0.05, 0) is 43.2 Å². The quantitative estimate of drug-likeness (QED) is 0.505. The first-order valence-corrected chi connectivity index (χ1v) is 8.50. The smallest absolute Gasteiger partial charge is 0.337 e. The fraction of sp³-hybridized carbons (Fsp3) is 0.278. The number of carboxylic acid groups (broad SMARTS) is 1. The van der Waals surface area contributed by atoms with Crippen molar-refractivity contribution in [1.82, 2.24) is 4.98 Å². The van der Waals surface area contributed by atoms with Crippen molar-refractivity contribution in [2.75, 3.05) is 18.6 Å². The molecule has 0 fully saturated rings. The number of aromatic carboxylic acids is 1. The molecular weight excluding hydrogens is 358 g/mol. The van der Waals surface area contributed by atoms with Crippen LogP contribution in [0.3, 0.4) is 0 Å². The highest BCUT2D eigenvalue weighted by Gasteiger charge is 2.12. The Kier molecular flexibility index (Phi) is 7.23. The third-order valence-corrected chi connectivity index (χ3v) is 3.47. The first-order valence-electron chi connectivity index (χ1n) is 8.12. The number of carboxylic acids is 1. The van der Waals surface area contributed by atoms with Gasteiger partial charge in [0.2, 0.25) is 0 Å². The van der Waals surface area contributed by atoms with Crippen LogP contribution in [0.25, 0.3) is 0 Å². The minimum Gasteiger partial charge on any atom is -0.490 e. The predicted octanol–water partition coefficient (Wildman–Crippen LogP) is 4.07. The van der Waals surface area contributed by atoms with E-state index < -0.39 is 5.97 Å². The topological polar surface area (TPSA) is 93.0 Å². The largest absolute Gasteiger partial charge is 0.490 e. The number of carbonyl (C=O) groups is 1. The van der Waals surface area contributed by atoms with Gasteiger partial charge in [0.05, 0.1) is 30.0 Å². The van der Waals surface area contributed by atoms with Gasteiger partial charge in [0.25, 0.3) is 0 Å². The molecule has 2 aromatic rings. The van der Waals surface area contributed by atoms with Gasteiger partial charge in [-0.3, -0.25) is 5.43 Å². The Morgan fingerprint density at radius 1 is 1.35 bits per heavy atom. The fourth-order valence-electron chi connectivity index (χ4n) is 2.03. The zero-order valence-electron chi connectivity index (χ0n) is 14.5. The SMILES string of the molecule is CCCOc1c(Cl)cc(/C=N/Nc2ccc(C(=O)O)cn2)cc1OCC. The van der Waals surface area contributed by atoms with Crippen LogP contribution in [-0.2, 0) is 0 Å². The van der Waals surface area contributed by atoms with E-state index in [1.54, 1.807) is 18.3 Å². The molecule has 0 unspecified atom stereocenters. The van der Waals surface area contributed by atoms with Crippen molar-refractivity contribution < 1.29 is 19.4 Å². The van der Waals surface area contributed by atoms with Crippen molar-refractivity contribution in [3.8, 4) is 11.5 Å². The summed E-state index contributed by atoms with van der Waals surface area (Å²) in [5.41, 5.74) is 3.56. The molecular formula is C18H20ClN3O4. The minimum atomic E-state index is -1.03. The van der Waals surface area contributed by atoms with Gasteiger partial charge in [0.15, 0.2) is 11.5 Å². The van der Waals surface area contributed by atoms with E-state index in [1.165, 1.54) is 18.3 Å². The summed E-state index contributed by atoms with van der Waals surface area (Å²) in [7, 11) is 0. The third-order valence-electron chi connectivity index (χ3n) is 3.19. The standard InChI is InChI=1S/C18H20ClN3O4/c1-3-7-26-17-14(19)8-12(9-15(17)25-4-2)10-21-22-16-6-5-13(11-20-16)18(23)24/h5-6,8-11H,3-4,7H2,1-2H3,(H,20,22)(H,23,24)/b21-10+. The van der Waals surface area contributed by atoms with Crippen LogP contribution in [0.5, 0.6) is 11.5 Å². The van der Waals surface area contributed by atoms with Crippen LogP contribution < -0.4 is 14.9 Å². The van der Waals surface area contributed by atoms with E-state index >= 15 is 0 Å². The van der Waals surface area contributed by atoms with Gasteiger partial charge in [-0.15, -0.1) is 0 Å². The lowest BCUT2D eigenvalue weighted by atomic mass is 10.2. The molecule has 0 aliphatic heterocycles. The van der Waals surface area contributed by atoms with Gasteiger partial charge in [0, 0.05) is 6.20 Å². The number of pyridine rings is 1. The Morgan fingerprint density at radius 3 is 2.77 bits per heavy atom. The van der Waals surface area contributed by atoms with Crippen LogP contribution >= 0.6 is 11.6 Å². The van der Waals surface area contributed by atoms with Crippen molar-refractivity contribution in [3.05, 3.63) is 46.6 Å². The summed E-state index contributed by atoms with van der Waals surface area (Å²) in [5.74, 6) is 0.464. The molecule has 7 nitrogen and oxygen atoms in total. The number of anilines is 1. The highest BCUT2D eigenvalue weighted by Crippen LogP contribution is 2.36. The maximum atomic E-state index is 10.8. The molecule has 0 saturated carbocycles. The number of nitrogens with zero attached hydrogens (tertiary/aromatic N) is 2. The summed E-state index contributed by atoms with van der Waals surface area (Å²) in [4.78, 5) is 14.8. The van der Waals surface area contributed by atoms with E-state index in [9.17, 15) is 4.79 Å². The zero-order valence-corrected chi connectivity index (χ0v) is 15.3. The van der Waals surface area contributed by atoms with Crippen molar-refractivity contribution in [2.45, 2.75) is 20.3 Å². The Hall–Kier alpha value is -2.80. The molecule has 1 heterocycles. The number of aromatic nitrogens is 1. The molecule has 138 valence electrons. The van der Waals surface area contributed by atoms with Crippen molar-refractivity contribution in [2.24, 2.45) is 5.10 Å². The summed E-state index contributed by atoms with van der Waals surface area (Å²) < 4.78 is 11.3. The second-order valence-corrected chi connectivity index (χ2v) is 5.63. The molecule has 0 radical (unpaired) electrons. The fourth-order valence-corrected chi connectivity index (χ4v) is 2.30. The Bertz CT molecular complexity index is 779. The first-order chi connectivity index (χ1) is 12.5. The maximum Gasteiger partial charge on any atom is 0.337 e. The first kappa shape index (κ1) is 19.5. The van der Waals surface area contributed by atoms with Gasteiger partial charge in [-0.1, -0.05) is 18.5 Å². The molecule has 0 aliphatic rings. The van der Waals surface area contributed by atoms with E-state index in [4.69, 9.17) is 26.2 Å². The van der Waals surface area contributed by atoms with Crippen molar-refractivity contribution in [3.63, 3.8) is 0 Å². The average Bonchev–Trinajstić information content (AvgIpc) is 2.62. The Labute approximate surface area is 156 Å². The minimum absolute atomic E-state index is 0.107. The van der Waals surface area contributed by atoms with Crippen LogP contribution in [-0.4, -0.2) is 35.5 Å². The van der Waals surface area contributed by atoms with Crippen LogP contribution in [0, 0.1) is 0 Å². The molecule has 8 heteroatoms. The van der Waals surface area contributed by atoms with Gasteiger partial charge >= 0.3 is 5.97 Å². The maximum absolute atomic E-state index is 10.8. The monoisotopic (exact) mass is 377 g/mol. The summed E-state index contributed by atoms with van der Waals surface area (Å²) in [6.07, 6.45) is 3.68. The molecule has 1 aromatic heterocycles. The highest BCUT2D eigenvalue weighted by molar-refractivity contribution is 6.32. The number of rotatable bonds is 9. The van der Waals surface area contributed by atoms with Gasteiger partial charge < -0.3 is 14.6 Å². The number of hydrazone groups is 1. The van der Waals surface area contributed by atoms with Crippen LogP contribution in [0.1, 0.15) is 36.2 Å². The normalized spacial score (nSPS) is 10.7. The molecule has 0 aliphatic carbocycles. The van der Waals surface area contributed by atoms with E-state index in [1.807, 2.05) is 13.8 Å². The van der Waals surface area contributed by atoms with E-state index in [2.05, 4.69) is 15.5 Å². The third kappa shape index (κ3) is 5.35. The van der Waals surface area contributed by atoms with Crippen molar-refractivity contribution in [1.29, 1.82) is 0 Å². The van der Waals surface area contributed by atoms with Gasteiger partial charge in [-0.2, -0.15) is 5.10 Å². The highest BCUT2D eigenvalue weighted by atomic mass is 35.5. The van der Waals surface area contributed by atoms with E-state index in [0.29, 0.717) is 35.6 Å². The second-order valence-electron chi connectivity index (χ2n) is 5.22. The van der Waals surface area contributed by atoms with Gasteiger partial charge in [-0.25, -0.2) is 9.78 Å². The average molecular weight is 378 g/mol. The summed E-state index contributed by atoms with van der Waals surface area (Å²) >= 11 is 6.29. The molecule has 0 bridgehead atoms. The van der Waals surface area contributed by atoms with E-state index in [-0.39, 0.29) is 5.56 Å². The number of hydrogen-bond acceptors (Lipinski definition) is 6. The lowest BCUT2D eigenvalue weighted by Crippen LogP contribution is -2.02. The lowest BCUT2D eigenvalue weighted by Gasteiger charge is -2.13. The number of nitrogens with one attached hydrogen (secondary N) is 1. The summed E-state index contributed by atoms with van der Waals surface area (Å²) in [5, 5.41) is 13.4. The van der Waals surface area contributed by atoms with Crippen LogP contribution in [0.2, 0.25) is 5.02 Å². The predicted molar refractivity (Wildman–Crippen MR) is 101 cm³/mol. The molecule has 0 amide bonds. The summed E-state index contributed by atoms with van der Waals surface area (Å²) in [6, 6.07) is 6.48. The molecule has 0 saturated heterocycles. The van der Waals surface area contributed by atoms with Crippen LogP contribution in [0.4, 0.5) is 5.82 Å². The molecule has 2 N–H and O–H groups in total. The zero-order chi connectivity index (χ0) is 18.9. The lowest BCUT2D eigenvalue weighted by molar-refractivity contribution is 0.0696. The van der Waals surface area contributed by atoms with Crippen molar-refractivity contribution >= 4 is 29.6 Å². The number of benzene rings is 1. The number of halogens is 1. The molecule has 0 spiro atoms. The number of ether oxygens (including phenoxy) is 2. The molecule has 26 heavy (non-hydrogen) atoms. The van der Waals surface area contributed by atoms with Crippen LogP contribution in [0.15, 0.2) is 35.6 Å².